The van der Waals surface area contributed by atoms with Crippen molar-refractivity contribution in [3.8, 4) is 0 Å². The minimum absolute atomic E-state index is 0.235. The molecule has 1 aliphatic heterocycles. The molecular formula is C16H23FN2O. The van der Waals surface area contributed by atoms with Gasteiger partial charge in [-0.3, -0.25) is 4.90 Å². The number of halogens is 1. The van der Waals surface area contributed by atoms with Crippen molar-refractivity contribution in [3.63, 3.8) is 0 Å². The van der Waals surface area contributed by atoms with Crippen molar-refractivity contribution < 1.29 is 9.50 Å². The van der Waals surface area contributed by atoms with Crippen molar-refractivity contribution in [2.75, 3.05) is 31.1 Å². The lowest BCUT2D eigenvalue weighted by molar-refractivity contribution is 0.198. The zero-order valence-electron chi connectivity index (χ0n) is 12.3. The minimum Gasteiger partial charge on any atom is -0.389 e. The summed E-state index contributed by atoms with van der Waals surface area (Å²) in [6.07, 6.45) is 2.05. The first-order valence-corrected chi connectivity index (χ1v) is 7.53. The first-order valence-electron chi connectivity index (χ1n) is 7.53. The van der Waals surface area contributed by atoms with E-state index in [2.05, 4.69) is 9.80 Å². The summed E-state index contributed by atoms with van der Waals surface area (Å²) in [6.45, 7) is 7.54. The van der Waals surface area contributed by atoms with E-state index in [0.29, 0.717) is 11.1 Å². The van der Waals surface area contributed by atoms with Gasteiger partial charge in [0.2, 0.25) is 0 Å². The first-order chi connectivity index (χ1) is 9.56. The van der Waals surface area contributed by atoms with E-state index in [4.69, 9.17) is 0 Å². The van der Waals surface area contributed by atoms with Crippen molar-refractivity contribution in [1.82, 2.24) is 4.90 Å². The summed E-state index contributed by atoms with van der Waals surface area (Å²) >= 11 is 0. The highest BCUT2D eigenvalue weighted by Crippen LogP contribution is 2.32. The third kappa shape index (κ3) is 2.67. The Balaban J connectivity index is 1.80. The van der Waals surface area contributed by atoms with Crippen LogP contribution in [0.2, 0.25) is 0 Å². The van der Waals surface area contributed by atoms with Crippen molar-refractivity contribution in [2.24, 2.45) is 0 Å². The van der Waals surface area contributed by atoms with Crippen molar-refractivity contribution in [1.29, 1.82) is 0 Å². The van der Waals surface area contributed by atoms with Crippen LogP contribution in [0.25, 0.3) is 0 Å². The molecule has 1 N–H and O–H groups in total. The van der Waals surface area contributed by atoms with Crippen LogP contribution in [0.5, 0.6) is 0 Å². The number of nitrogens with zero attached hydrogens (tertiary/aromatic N) is 2. The predicted molar refractivity (Wildman–Crippen MR) is 78.6 cm³/mol. The number of aryl methyl sites for hydroxylation is 1. The quantitative estimate of drug-likeness (QED) is 0.920. The molecule has 110 valence electrons. The van der Waals surface area contributed by atoms with Crippen LogP contribution >= 0.6 is 0 Å². The molecule has 0 amide bonds. The van der Waals surface area contributed by atoms with Crippen LogP contribution in [0.4, 0.5) is 10.1 Å². The van der Waals surface area contributed by atoms with Gasteiger partial charge in [0.15, 0.2) is 0 Å². The Kier molecular flexibility index (Phi) is 3.69. The Morgan fingerprint density at radius 2 is 1.85 bits per heavy atom. The maximum Gasteiger partial charge on any atom is 0.126 e. The van der Waals surface area contributed by atoms with Gasteiger partial charge in [-0.25, -0.2) is 4.39 Å². The molecule has 0 unspecified atom stereocenters. The molecule has 2 fully saturated rings. The highest BCUT2D eigenvalue weighted by Gasteiger charge is 2.31. The van der Waals surface area contributed by atoms with Crippen LogP contribution in [0, 0.1) is 12.7 Å². The Hall–Kier alpha value is -1.13. The van der Waals surface area contributed by atoms with E-state index in [1.807, 2.05) is 6.07 Å². The van der Waals surface area contributed by atoms with Gasteiger partial charge in [-0.05, 0) is 44.4 Å². The van der Waals surface area contributed by atoms with Crippen LogP contribution in [-0.2, 0) is 0 Å². The lowest BCUT2D eigenvalue weighted by Crippen LogP contribution is -2.47. The summed E-state index contributed by atoms with van der Waals surface area (Å²) in [7, 11) is 0. The van der Waals surface area contributed by atoms with Gasteiger partial charge in [-0.1, -0.05) is 0 Å². The fourth-order valence-corrected chi connectivity index (χ4v) is 3.06. The van der Waals surface area contributed by atoms with Crippen molar-refractivity contribution in [2.45, 2.75) is 38.8 Å². The maximum atomic E-state index is 13.7. The van der Waals surface area contributed by atoms with E-state index in [1.54, 1.807) is 13.8 Å². The number of rotatable bonds is 3. The normalized spacial score (nSPS) is 22.1. The molecule has 2 aliphatic rings. The van der Waals surface area contributed by atoms with Gasteiger partial charge in [-0.15, -0.1) is 0 Å². The van der Waals surface area contributed by atoms with E-state index in [0.717, 1.165) is 37.9 Å². The van der Waals surface area contributed by atoms with E-state index >= 15 is 0 Å². The molecule has 1 saturated heterocycles. The summed E-state index contributed by atoms with van der Waals surface area (Å²) in [5, 5.41) is 9.90. The first kappa shape index (κ1) is 13.8. The molecule has 20 heavy (non-hydrogen) atoms. The van der Waals surface area contributed by atoms with Gasteiger partial charge in [0.1, 0.15) is 5.82 Å². The predicted octanol–water partition coefficient (Wildman–Crippen LogP) is 2.47. The number of piperazine rings is 1. The number of anilines is 1. The molecule has 3 rings (SSSR count). The largest absolute Gasteiger partial charge is 0.389 e. The Labute approximate surface area is 120 Å². The molecule has 1 saturated carbocycles. The molecule has 0 radical (unpaired) electrons. The number of aliphatic hydroxyl groups is 1. The Bertz CT molecular complexity index is 491. The smallest absolute Gasteiger partial charge is 0.126 e. The fraction of sp³-hybridized carbons (Fsp3) is 0.625. The molecule has 0 spiro atoms. The number of hydrogen-bond acceptors (Lipinski definition) is 3. The molecule has 3 nitrogen and oxygen atoms in total. The zero-order valence-corrected chi connectivity index (χ0v) is 12.3. The molecule has 4 heteroatoms. The maximum absolute atomic E-state index is 13.7. The molecule has 1 aromatic carbocycles. The zero-order chi connectivity index (χ0) is 14.3. The van der Waals surface area contributed by atoms with Gasteiger partial charge in [-0.2, -0.15) is 0 Å². The van der Waals surface area contributed by atoms with Crippen LogP contribution in [-0.4, -0.2) is 42.2 Å². The monoisotopic (exact) mass is 278 g/mol. The van der Waals surface area contributed by atoms with Gasteiger partial charge in [0.25, 0.3) is 0 Å². The number of hydrogen-bond donors (Lipinski definition) is 1. The van der Waals surface area contributed by atoms with Gasteiger partial charge in [0.05, 0.1) is 6.10 Å². The summed E-state index contributed by atoms with van der Waals surface area (Å²) < 4.78 is 13.7. The van der Waals surface area contributed by atoms with Gasteiger partial charge in [0, 0.05) is 43.5 Å². The number of aliphatic hydroxyl groups excluding tert-OH is 1. The van der Waals surface area contributed by atoms with E-state index in [-0.39, 0.29) is 5.82 Å². The summed E-state index contributed by atoms with van der Waals surface area (Å²) in [4.78, 5) is 4.84. The van der Waals surface area contributed by atoms with Crippen LogP contribution < -0.4 is 4.90 Å². The highest BCUT2D eigenvalue weighted by molar-refractivity contribution is 5.57. The molecule has 1 aromatic rings. The van der Waals surface area contributed by atoms with Crippen molar-refractivity contribution >= 4 is 5.69 Å². The third-order valence-electron chi connectivity index (χ3n) is 4.48. The van der Waals surface area contributed by atoms with Crippen LogP contribution in [0.3, 0.4) is 0 Å². The third-order valence-corrected chi connectivity index (χ3v) is 4.48. The molecule has 1 heterocycles. The Morgan fingerprint density at radius 1 is 1.20 bits per heavy atom. The highest BCUT2D eigenvalue weighted by atomic mass is 19.1. The van der Waals surface area contributed by atoms with Crippen LogP contribution in [0.1, 0.15) is 37.0 Å². The Morgan fingerprint density at radius 3 is 2.40 bits per heavy atom. The van der Waals surface area contributed by atoms with E-state index in [9.17, 15) is 9.50 Å². The fourth-order valence-electron chi connectivity index (χ4n) is 3.06. The standard InChI is InChI=1S/C16H23FN2O/c1-11-9-16(14(12(2)20)10-15(11)17)19-7-5-18(6-8-19)13-3-4-13/h9-10,12-13,20H,3-8H2,1-2H3/t12-/m1/s1. The average Bonchev–Trinajstić information content (AvgIpc) is 3.26. The lowest BCUT2D eigenvalue weighted by atomic mass is 10.0. The second kappa shape index (κ2) is 5.34. The minimum atomic E-state index is -0.637. The number of benzene rings is 1. The molecular weight excluding hydrogens is 255 g/mol. The van der Waals surface area contributed by atoms with E-state index in [1.165, 1.54) is 18.9 Å². The van der Waals surface area contributed by atoms with Crippen LogP contribution in [0.15, 0.2) is 12.1 Å². The second-order valence-electron chi connectivity index (χ2n) is 6.09. The average molecular weight is 278 g/mol. The second-order valence-corrected chi connectivity index (χ2v) is 6.09. The van der Waals surface area contributed by atoms with E-state index < -0.39 is 6.10 Å². The molecule has 0 aromatic heterocycles. The summed E-state index contributed by atoms with van der Waals surface area (Å²) in [5.41, 5.74) is 2.34. The lowest BCUT2D eigenvalue weighted by Gasteiger charge is -2.37. The topological polar surface area (TPSA) is 26.7 Å². The van der Waals surface area contributed by atoms with Gasteiger partial charge < -0.3 is 10.0 Å². The molecule has 1 atom stereocenters. The molecule has 0 bridgehead atoms. The molecule has 1 aliphatic carbocycles. The van der Waals surface area contributed by atoms with Crippen molar-refractivity contribution in [3.05, 3.63) is 29.1 Å². The van der Waals surface area contributed by atoms with Gasteiger partial charge >= 0.3 is 0 Å². The SMILES string of the molecule is Cc1cc(N2CCN(C3CC3)CC2)c([C@@H](C)O)cc1F. The summed E-state index contributed by atoms with van der Waals surface area (Å²) in [5.74, 6) is -0.235. The summed E-state index contributed by atoms with van der Waals surface area (Å²) in [6, 6.07) is 4.18.